The van der Waals surface area contributed by atoms with Crippen LogP contribution in [0.3, 0.4) is 0 Å². The summed E-state index contributed by atoms with van der Waals surface area (Å²) < 4.78 is 3.40. The van der Waals surface area contributed by atoms with Gasteiger partial charge in [0.05, 0.1) is 0 Å². The maximum Gasteiger partial charge on any atom is 0.00324 e. The van der Waals surface area contributed by atoms with Crippen LogP contribution in [0.15, 0.2) is 21.3 Å². The van der Waals surface area contributed by atoms with E-state index in [-0.39, 0.29) is 0 Å². The van der Waals surface area contributed by atoms with E-state index in [9.17, 15) is 0 Å². The van der Waals surface area contributed by atoms with Crippen molar-refractivity contribution in [1.29, 1.82) is 0 Å². The van der Waals surface area contributed by atoms with Crippen LogP contribution in [0.5, 0.6) is 0 Å². The van der Waals surface area contributed by atoms with Gasteiger partial charge in [-0.3, -0.25) is 0 Å². The molecule has 0 aromatic rings. The molecule has 12 heavy (non-hydrogen) atoms. The Hall–Kier alpha value is 0.940. The van der Waals surface area contributed by atoms with Crippen molar-refractivity contribution in [2.45, 2.75) is 33.1 Å². The smallest absolute Gasteiger partial charge is 0.00324 e. The van der Waals surface area contributed by atoms with Gasteiger partial charge in [0.15, 0.2) is 0 Å². The van der Waals surface area contributed by atoms with Crippen LogP contribution < -0.4 is 0 Å². The lowest BCUT2D eigenvalue weighted by molar-refractivity contribution is 0.958. The first-order chi connectivity index (χ1) is 5.70. The van der Waals surface area contributed by atoms with E-state index in [4.69, 9.17) is 0 Å². The van der Waals surface area contributed by atoms with Crippen LogP contribution in [-0.2, 0) is 0 Å². The first-order valence-electron chi connectivity index (χ1n) is 4.18. The molecule has 0 fully saturated rings. The van der Waals surface area contributed by atoms with Gasteiger partial charge in [-0.2, -0.15) is 0 Å². The van der Waals surface area contributed by atoms with Crippen LogP contribution in [0.2, 0.25) is 0 Å². The topological polar surface area (TPSA) is 0 Å². The van der Waals surface area contributed by atoms with E-state index in [1.165, 1.54) is 34.8 Å². The molecule has 0 saturated heterocycles. The lowest BCUT2D eigenvalue weighted by atomic mass is 10.1. The van der Waals surface area contributed by atoms with E-state index in [1.807, 2.05) is 0 Å². The van der Waals surface area contributed by atoms with Crippen molar-refractivity contribution in [2.24, 2.45) is 0 Å². The predicted molar refractivity (Wildman–Crippen MR) is 74.3 cm³/mol. The monoisotopic (exact) mass is 390 g/mol. The van der Waals surface area contributed by atoms with Crippen LogP contribution in [0.25, 0.3) is 0 Å². The summed E-state index contributed by atoms with van der Waals surface area (Å²) in [5.41, 5.74) is 3.01. The summed E-state index contributed by atoms with van der Waals surface area (Å²) in [6.07, 6.45) is 6.02. The lowest BCUT2D eigenvalue weighted by Crippen LogP contribution is -1.79. The van der Waals surface area contributed by atoms with E-state index in [1.54, 1.807) is 0 Å². The molecule has 0 heterocycles. The quantitative estimate of drug-likeness (QED) is 0.357. The summed E-state index contributed by atoms with van der Waals surface area (Å²) in [5.74, 6) is 0. The third-order valence-electron chi connectivity index (χ3n) is 1.71. The Balaban J connectivity index is 3.59. The second-order valence-electron chi connectivity index (χ2n) is 2.98. The van der Waals surface area contributed by atoms with Gasteiger partial charge in [-0.05, 0) is 37.2 Å². The Labute approximate surface area is 103 Å². The minimum absolute atomic E-state index is 1.20. The van der Waals surface area contributed by atoms with Gasteiger partial charge in [0.1, 0.15) is 0 Å². The molecular weight excluding hydrogens is 374 g/mol. The third-order valence-corrected chi connectivity index (χ3v) is 3.31. The standard InChI is InChI=1S/C10H16I2/c1-9(6-7-11)4-3-5-10(2)8-12/h4,8H,3,5-7H2,1-2H3/b9-4+,10-8+. The number of alkyl halides is 1. The Morgan fingerprint density at radius 2 is 1.83 bits per heavy atom. The van der Waals surface area contributed by atoms with Crippen LogP contribution >= 0.6 is 45.2 Å². The lowest BCUT2D eigenvalue weighted by Gasteiger charge is -1.98. The van der Waals surface area contributed by atoms with Crippen molar-refractivity contribution in [3.63, 3.8) is 0 Å². The molecule has 2 heteroatoms. The first kappa shape index (κ1) is 12.9. The van der Waals surface area contributed by atoms with Crippen LogP contribution in [0.4, 0.5) is 0 Å². The molecule has 0 saturated carbocycles. The maximum absolute atomic E-state index is 2.42. The molecule has 0 radical (unpaired) electrons. The van der Waals surface area contributed by atoms with Gasteiger partial charge in [-0.1, -0.05) is 62.4 Å². The fraction of sp³-hybridized carbons (Fsp3) is 0.600. The third kappa shape index (κ3) is 7.58. The molecular formula is C10H16I2. The number of allylic oxidation sites excluding steroid dienone is 3. The van der Waals surface area contributed by atoms with Crippen molar-refractivity contribution in [3.05, 3.63) is 21.3 Å². The van der Waals surface area contributed by atoms with Crippen molar-refractivity contribution in [2.75, 3.05) is 4.43 Å². The zero-order valence-corrected chi connectivity index (χ0v) is 12.1. The van der Waals surface area contributed by atoms with E-state index < -0.39 is 0 Å². The summed E-state index contributed by atoms with van der Waals surface area (Å²) in [5, 5.41) is 0. The molecule has 0 bridgehead atoms. The maximum atomic E-state index is 2.42. The predicted octanol–water partition coefficient (Wildman–Crippen LogP) is 4.88. The Morgan fingerprint density at radius 3 is 2.33 bits per heavy atom. The molecule has 0 aromatic heterocycles. The molecule has 0 amide bonds. The fourth-order valence-electron chi connectivity index (χ4n) is 0.852. The number of rotatable bonds is 5. The average Bonchev–Trinajstić information content (AvgIpc) is 2.04. The normalized spacial score (nSPS) is 13.7. The van der Waals surface area contributed by atoms with Crippen LogP contribution in [0, 0.1) is 0 Å². The second-order valence-corrected chi connectivity index (χ2v) is 4.69. The minimum atomic E-state index is 1.20. The van der Waals surface area contributed by atoms with Gasteiger partial charge in [-0.25, -0.2) is 0 Å². The molecule has 70 valence electrons. The summed E-state index contributed by atoms with van der Waals surface area (Å²) in [6.45, 7) is 4.41. The fourth-order valence-corrected chi connectivity index (χ4v) is 2.01. The molecule has 0 aromatic carbocycles. The molecule has 0 N–H and O–H groups in total. The molecule has 0 nitrogen and oxygen atoms in total. The van der Waals surface area contributed by atoms with Crippen molar-refractivity contribution < 1.29 is 0 Å². The largest absolute Gasteiger partial charge is 0.0860 e. The van der Waals surface area contributed by atoms with E-state index in [0.29, 0.717) is 0 Å². The van der Waals surface area contributed by atoms with Crippen LogP contribution in [0.1, 0.15) is 33.1 Å². The first-order valence-corrected chi connectivity index (χ1v) is 6.95. The highest BCUT2D eigenvalue weighted by atomic mass is 127. The van der Waals surface area contributed by atoms with E-state index in [2.05, 4.69) is 69.2 Å². The Bertz CT molecular complexity index is 169. The Kier molecular flexibility index (Phi) is 9.20. The number of halogens is 2. The van der Waals surface area contributed by atoms with Gasteiger partial charge >= 0.3 is 0 Å². The molecule has 0 spiro atoms. The van der Waals surface area contributed by atoms with Crippen molar-refractivity contribution >= 4 is 45.2 Å². The highest BCUT2D eigenvalue weighted by Crippen LogP contribution is 2.10. The molecule has 0 aliphatic heterocycles. The molecule has 0 aliphatic rings. The number of hydrogen-bond donors (Lipinski definition) is 0. The zero-order valence-electron chi connectivity index (χ0n) is 7.74. The van der Waals surface area contributed by atoms with E-state index in [0.717, 1.165) is 0 Å². The molecule has 0 unspecified atom stereocenters. The summed E-state index contributed by atoms with van der Waals surface area (Å²) in [4.78, 5) is 0. The average molecular weight is 390 g/mol. The highest BCUT2D eigenvalue weighted by molar-refractivity contribution is 14.1. The second kappa shape index (κ2) is 8.53. The van der Waals surface area contributed by atoms with Gasteiger partial charge in [0, 0.05) is 4.43 Å². The number of hydrogen-bond acceptors (Lipinski definition) is 0. The van der Waals surface area contributed by atoms with Gasteiger partial charge in [0.25, 0.3) is 0 Å². The summed E-state index contributed by atoms with van der Waals surface area (Å²) in [7, 11) is 0. The highest BCUT2D eigenvalue weighted by Gasteiger charge is 1.89. The molecule has 0 rings (SSSR count). The summed E-state index contributed by atoms with van der Waals surface area (Å²) in [6, 6.07) is 0. The molecule has 0 aliphatic carbocycles. The van der Waals surface area contributed by atoms with Crippen molar-refractivity contribution in [3.8, 4) is 0 Å². The molecule has 0 atom stereocenters. The van der Waals surface area contributed by atoms with Gasteiger partial charge < -0.3 is 0 Å². The summed E-state index contributed by atoms with van der Waals surface area (Å²) >= 11 is 4.72. The zero-order chi connectivity index (χ0) is 9.40. The Morgan fingerprint density at radius 1 is 1.17 bits per heavy atom. The minimum Gasteiger partial charge on any atom is -0.0860 e. The SMILES string of the molecule is C/C(=C\CC/C(C)=C/I)CCI. The van der Waals surface area contributed by atoms with Crippen molar-refractivity contribution in [1.82, 2.24) is 0 Å². The van der Waals surface area contributed by atoms with Gasteiger partial charge in [-0.15, -0.1) is 0 Å². The van der Waals surface area contributed by atoms with E-state index >= 15 is 0 Å². The van der Waals surface area contributed by atoms with Crippen LogP contribution in [-0.4, -0.2) is 4.43 Å². The van der Waals surface area contributed by atoms with Gasteiger partial charge in [0.2, 0.25) is 0 Å².